The first-order valence-electron chi connectivity index (χ1n) is 5.74. The van der Waals surface area contributed by atoms with Gasteiger partial charge in [0.25, 0.3) is 0 Å². The third-order valence-electron chi connectivity index (χ3n) is 2.62. The van der Waals surface area contributed by atoms with Crippen molar-refractivity contribution in [3.63, 3.8) is 0 Å². The molecule has 1 atom stereocenters. The number of hydrogen-bond donors (Lipinski definition) is 1. The molecule has 1 aromatic carbocycles. The quantitative estimate of drug-likeness (QED) is 0.784. The van der Waals surface area contributed by atoms with Crippen LogP contribution in [0.3, 0.4) is 0 Å². The van der Waals surface area contributed by atoms with Crippen LogP contribution in [0.5, 0.6) is 0 Å². The Morgan fingerprint density at radius 2 is 1.94 bits per heavy atom. The molecule has 0 aliphatic carbocycles. The highest BCUT2D eigenvalue weighted by molar-refractivity contribution is 5.83. The van der Waals surface area contributed by atoms with Crippen molar-refractivity contribution in [3.8, 4) is 0 Å². The Hall–Kier alpha value is -1.65. The van der Waals surface area contributed by atoms with Gasteiger partial charge in [-0.25, -0.2) is 13.6 Å². The number of esters is 1. The van der Waals surface area contributed by atoms with Crippen molar-refractivity contribution >= 4 is 11.7 Å². The van der Waals surface area contributed by atoms with E-state index >= 15 is 0 Å². The first-order chi connectivity index (χ1) is 8.28. The van der Waals surface area contributed by atoms with Gasteiger partial charge < -0.3 is 10.1 Å². The van der Waals surface area contributed by atoms with Gasteiger partial charge in [0, 0.05) is 12.0 Å². The van der Waals surface area contributed by atoms with Gasteiger partial charge in [0.05, 0.1) is 5.69 Å². The fraction of sp³-hybridized carbons (Fsp3) is 0.462. The van der Waals surface area contributed by atoms with Gasteiger partial charge in [-0.05, 0) is 32.9 Å². The largest absolute Gasteiger partial charge is 0.458 e. The van der Waals surface area contributed by atoms with Crippen molar-refractivity contribution in [2.24, 2.45) is 0 Å². The Kier molecular flexibility index (Phi) is 3.00. The Morgan fingerprint density at radius 3 is 2.50 bits per heavy atom. The van der Waals surface area contributed by atoms with Gasteiger partial charge in [0.1, 0.15) is 23.3 Å². The Labute approximate surface area is 104 Å². The third kappa shape index (κ3) is 2.44. The maximum absolute atomic E-state index is 13.5. The number of nitrogens with one attached hydrogen (secondary N) is 1. The summed E-state index contributed by atoms with van der Waals surface area (Å²) in [5.74, 6) is -1.57. The van der Waals surface area contributed by atoms with E-state index in [4.69, 9.17) is 4.74 Å². The summed E-state index contributed by atoms with van der Waals surface area (Å²) in [6, 6.07) is 1.37. The minimum atomic E-state index is -0.731. The normalized spacial score (nSPS) is 18.2. The van der Waals surface area contributed by atoms with Crippen LogP contribution in [-0.4, -0.2) is 17.6 Å². The first-order valence-corrected chi connectivity index (χ1v) is 5.74. The summed E-state index contributed by atoms with van der Waals surface area (Å²) in [6.07, 6.45) is 0.105. The molecule has 1 aromatic rings. The number of hydrogen-bond acceptors (Lipinski definition) is 3. The lowest BCUT2D eigenvalue weighted by Crippen LogP contribution is -2.35. The highest BCUT2D eigenvalue weighted by Crippen LogP contribution is 2.31. The zero-order valence-electron chi connectivity index (χ0n) is 10.5. The number of anilines is 1. The molecule has 0 spiro atoms. The molecular formula is C13H15F2NO2. The standard InChI is InChI=1S/C13H15F2NO2/c1-13(2,3)18-12(17)10-6-7-8(14)4-5-9(15)11(7)16-10/h4-5,10,16H,6H2,1-3H3/t10-/m0/s1. The predicted octanol–water partition coefficient (Wildman–Crippen LogP) is 2.64. The van der Waals surface area contributed by atoms with Crippen LogP contribution in [0, 0.1) is 11.6 Å². The van der Waals surface area contributed by atoms with Crippen LogP contribution < -0.4 is 5.32 Å². The Morgan fingerprint density at radius 1 is 1.33 bits per heavy atom. The number of benzene rings is 1. The molecule has 1 heterocycles. The van der Waals surface area contributed by atoms with Gasteiger partial charge in [0.2, 0.25) is 0 Å². The van der Waals surface area contributed by atoms with E-state index in [2.05, 4.69) is 5.32 Å². The van der Waals surface area contributed by atoms with Crippen LogP contribution in [0.2, 0.25) is 0 Å². The number of ether oxygens (including phenoxy) is 1. The number of carbonyl (C=O) groups excluding carboxylic acids is 1. The Balaban J connectivity index is 2.18. The van der Waals surface area contributed by atoms with E-state index in [-0.39, 0.29) is 17.7 Å². The molecule has 2 rings (SSSR count). The van der Waals surface area contributed by atoms with Crippen LogP contribution in [0.1, 0.15) is 26.3 Å². The molecule has 0 fully saturated rings. The van der Waals surface area contributed by atoms with E-state index in [1.165, 1.54) is 0 Å². The lowest BCUT2D eigenvalue weighted by molar-refractivity contribution is -0.155. The van der Waals surface area contributed by atoms with Crippen LogP contribution in [0.4, 0.5) is 14.5 Å². The smallest absolute Gasteiger partial charge is 0.329 e. The molecule has 0 aromatic heterocycles. The van der Waals surface area contributed by atoms with Crippen LogP contribution in [-0.2, 0) is 16.0 Å². The van der Waals surface area contributed by atoms with E-state index in [9.17, 15) is 13.6 Å². The van der Waals surface area contributed by atoms with E-state index in [0.29, 0.717) is 0 Å². The van der Waals surface area contributed by atoms with Gasteiger partial charge in [-0.2, -0.15) is 0 Å². The lowest BCUT2D eigenvalue weighted by Gasteiger charge is -2.22. The third-order valence-corrected chi connectivity index (χ3v) is 2.62. The van der Waals surface area contributed by atoms with Crippen molar-refractivity contribution in [3.05, 3.63) is 29.3 Å². The molecule has 0 bridgehead atoms. The molecule has 1 aliphatic heterocycles. The molecule has 3 nitrogen and oxygen atoms in total. The van der Waals surface area contributed by atoms with Gasteiger partial charge in [-0.15, -0.1) is 0 Å². The minimum Gasteiger partial charge on any atom is -0.458 e. The molecule has 0 saturated carbocycles. The summed E-state index contributed by atoms with van der Waals surface area (Å²) in [4.78, 5) is 11.8. The fourth-order valence-corrected chi connectivity index (χ4v) is 1.89. The van der Waals surface area contributed by atoms with Gasteiger partial charge >= 0.3 is 5.97 Å². The molecule has 98 valence electrons. The highest BCUT2D eigenvalue weighted by atomic mass is 19.1. The number of rotatable bonds is 1. The second-order valence-electron chi connectivity index (χ2n) is 5.32. The number of carbonyl (C=O) groups is 1. The summed E-state index contributed by atoms with van der Waals surface area (Å²) in [5.41, 5.74) is -0.360. The molecule has 1 N–H and O–H groups in total. The second-order valence-corrected chi connectivity index (χ2v) is 5.32. The molecule has 5 heteroatoms. The summed E-state index contributed by atoms with van der Waals surface area (Å²) in [6.45, 7) is 5.23. The van der Waals surface area contributed by atoms with E-state index < -0.39 is 29.2 Å². The van der Waals surface area contributed by atoms with Gasteiger partial charge in [-0.1, -0.05) is 0 Å². The molecule has 0 amide bonds. The van der Waals surface area contributed by atoms with Crippen LogP contribution >= 0.6 is 0 Å². The Bertz CT molecular complexity index is 463. The monoisotopic (exact) mass is 255 g/mol. The fourth-order valence-electron chi connectivity index (χ4n) is 1.89. The average Bonchev–Trinajstić information content (AvgIpc) is 2.67. The second kappa shape index (κ2) is 4.23. The number of fused-ring (bicyclic) bond motifs is 1. The molecule has 18 heavy (non-hydrogen) atoms. The van der Waals surface area contributed by atoms with Crippen LogP contribution in [0.15, 0.2) is 12.1 Å². The summed E-state index contributed by atoms with van der Waals surface area (Å²) in [5, 5.41) is 2.68. The maximum atomic E-state index is 13.5. The van der Waals surface area contributed by atoms with E-state index in [1.54, 1.807) is 20.8 Å². The summed E-state index contributed by atoms with van der Waals surface area (Å²) in [7, 11) is 0. The average molecular weight is 255 g/mol. The topological polar surface area (TPSA) is 38.3 Å². The zero-order valence-corrected chi connectivity index (χ0v) is 10.5. The van der Waals surface area contributed by atoms with Crippen molar-refractivity contribution in [1.82, 2.24) is 0 Å². The van der Waals surface area contributed by atoms with E-state index in [1.807, 2.05) is 0 Å². The number of halogens is 2. The molecule has 0 radical (unpaired) electrons. The van der Waals surface area contributed by atoms with Gasteiger partial charge in [-0.3, -0.25) is 0 Å². The molecule has 0 saturated heterocycles. The van der Waals surface area contributed by atoms with Crippen LogP contribution in [0.25, 0.3) is 0 Å². The zero-order chi connectivity index (χ0) is 13.5. The predicted molar refractivity (Wildman–Crippen MR) is 63.3 cm³/mol. The SMILES string of the molecule is CC(C)(C)OC(=O)[C@@H]1Cc2c(F)ccc(F)c2N1. The summed E-state index contributed by atoms with van der Waals surface area (Å²) < 4.78 is 32.1. The first kappa shape index (κ1) is 12.8. The van der Waals surface area contributed by atoms with Crippen molar-refractivity contribution in [2.45, 2.75) is 38.8 Å². The maximum Gasteiger partial charge on any atom is 0.329 e. The molecule has 0 unspecified atom stereocenters. The van der Waals surface area contributed by atoms with Gasteiger partial charge in [0.15, 0.2) is 0 Å². The molecule has 1 aliphatic rings. The van der Waals surface area contributed by atoms with Crippen molar-refractivity contribution in [2.75, 3.05) is 5.32 Å². The highest BCUT2D eigenvalue weighted by Gasteiger charge is 2.33. The van der Waals surface area contributed by atoms with Crippen molar-refractivity contribution in [1.29, 1.82) is 0 Å². The van der Waals surface area contributed by atoms with E-state index in [0.717, 1.165) is 12.1 Å². The summed E-state index contributed by atoms with van der Waals surface area (Å²) >= 11 is 0. The molecular weight excluding hydrogens is 240 g/mol. The minimum absolute atomic E-state index is 0.0610. The lowest BCUT2D eigenvalue weighted by atomic mass is 10.1. The van der Waals surface area contributed by atoms with Crippen molar-refractivity contribution < 1.29 is 18.3 Å².